The molecular weight excluding hydrogens is 444 g/mol. The molecule has 8 heteroatoms. The summed E-state index contributed by atoms with van der Waals surface area (Å²) >= 11 is 0. The topological polar surface area (TPSA) is 116 Å². The van der Waals surface area contributed by atoms with E-state index in [4.69, 9.17) is 0 Å². The van der Waals surface area contributed by atoms with E-state index in [9.17, 15) is 19.2 Å². The molecule has 188 valence electrons. The van der Waals surface area contributed by atoms with Crippen LogP contribution in [0.1, 0.15) is 54.8 Å². The molecule has 0 radical (unpaired) electrons. The molecular formula is C27H36N4O4. The van der Waals surface area contributed by atoms with Crippen LogP contribution < -0.4 is 21.3 Å². The van der Waals surface area contributed by atoms with Crippen LogP contribution in [-0.4, -0.2) is 48.8 Å². The summed E-state index contributed by atoms with van der Waals surface area (Å²) in [5.74, 6) is -1.34. The first-order chi connectivity index (χ1) is 16.7. The first-order valence-electron chi connectivity index (χ1n) is 12.0. The number of carbonyl (C=O) groups excluding carboxylic acids is 4. The van der Waals surface area contributed by atoms with Gasteiger partial charge < -0.3 is 21.3 Å². The van der Waals surface area contributed by atoms with E-state index in [0.717, 1.165) is 0 Å². The lowest BCUT2D eigenvalue weighted by Gasteiger charge is -2.23. The maximum Gasteiger partial charge on any atom is 0.251 e. The molecule has 0 aliphatic rings. The first-order valence-corrected chi connectivity index (χ1v) is 12.0. The van der Waals surface area contributed by atoms with E-state index in [1.807, 2.05) is 39.8 Å². The highest BCUT2D eigenvalue weighted by atomic mass is 16.2. The van der Waals surface area contributed by atoms with Crippen molar-refractivity contribution in [3.63, 3.8) is 0 Å². The number of carbonyl (C=O) groups is 4. The fourth-order valence-corrected chi connectivity index (χ4v) is 3.43. The molecule has 35 heavy (non-hydrogen) atoms. The number of hydrogen-bond donors (Lipinski definition) is 4. The van der Waals surface area contributed by atoms with Crippen molar-refractivity contribution in [2.24, 2.45) is 11.8 Å². The molecule has 2 aromatic rings. The molecule has 0 heterocycles. The molecule has 0 fully saturated rings. The Morgan fingerprint density at radius 3 is 1.26 bits per heavy atom. The Morgan fingerprint density at radius 2 is 0.943 bits per heavy atom. The van der Waals surface area contributed by atoms with Gasteiger partial charge in [-0.2, -0.15) is 0 Å². The zero-order valence-corrected chi connectivity index (χ0v) is 20.8. The molecule has 2 aromatic carbocycles. The van der Waals surface area contributed by atoms with Crippen LogP contribution in [0.4, 0.5) is 0 Å². The summed E-state index contributed by atoms with van der Waals surface area (Å²) in [6.07, 6.45) is 0.506. The Bertz CT molecular complexity index is 898. The number of rotatable bonds is 12. The van der Waals surface area contributed by atoms with Crippen molar-refractivity contribution in [3.05, 3.63) is 71.8 Å². The van der Waals surface area contributed by atoms with Gasteiger partial charge in [-0.05, 0) is 42.5 Å². The maximum atomic E-state index is 12.6. The zero-order chi connectivity index (χ0) is 25.8. The van der Waals surface area contributed by atoms with Gasteiger partial charge in [-0.25, -0.2) is 0 Å². The van der Waals surface area contributed by atoms with Crippen molar-refractivity contribution in [1.29, 1.82) is 0 Å². The van der Waals surface area contributed by atoms with Crippen LogP contribution >= 0.6 is 0 Å². The zero-order valence-electron chi connectivity index (χ0n) is 20.8. The lowest BCUT2D eigenvalue weighted by Crippen LogP contribution is -2.51. The van der Waals surface area contributed by atoms with E-state index < -0.39 is 12.1 Å². The minimum Gasteiger partial charge on any atom is -0.354 e. The SMILES string of the molecule is CC(C)[C@H](NC(=O)c1ccccc1)C(=O)NCCCNC(=O)[C@@H](NC(=O)c1ccccc1)C(C)C. The number of hydrogen-bond acceptors (Lipinski definition) is 4. The van der Waals surface area contributed by atoms with Gasteiger partial charge in [0.2, 0.25) is 11.8 Å². The van der Waals surface area contributed by atoms with E-state index >= 15 is 0 Å². The summed E-state index contributed by atoms with van der Waals surface area (Å²) in [5, 5.41) is 11.2. The Kier molecular flexibility index (Phi) is 10.9. The van der Waals surface area contributed by atoms with Crippen molar-refractivity contribution < 1.29 is 19.2 Å². The molecule has 0 unspecified atom stereocenters. The molecule has 0 aromatic heterocycles. The van der Waals surface area contributed by atoms with Crippen LogP contribution in [0.2, 0.25) is 0 Å². The van der Waals surface area contributed by atoms with Gasteiger partial charge in [-0.1, -0.05) is 64.1 Å². The second-order valence-electron chi connectivity index (χ2n) is 9.06. The molecule has 2 atom stereocenters. The summed E-state index contributed by atoms with van der Waals surface area (Å²) in [4.78, 5) is 50.1. The summed E-state index contributed by atoms with van der Waals surface area (Å²) < 4.78 is 0. The van der Waals surface area contributed by atoms with E-state index in [1.54, 1.807) is 48.5 Å². The highest BCUT2D eigenvalue weighted by Gasteiger charge is 2.25. The Hall–Kier alpha value is -3.68. The molecule has 0 aliphatic heterocycles. The smallest absolute Gasteiger partial charge is 0.251 e. The molecule has 4 amide bonds. The summed E-state index contributed by atoms with van der Waals surface area (Å²) in [6, 6.07) is 16.2. The highest BCUT2D eigenvalue weighted by Crippen LogP contribution is 2.07. The number of benzene rings is 2. The quantitative estimate of drug-likeness (QED) is 0.349. The van der Waals surface area contributed by atoms with Crippen molar-refractivity contribution in [2.75, 3.05) is 13.1 Å². The maximum absolute atomic E-state index is 12.6. The van der Waals surface area contributed by atoms with Gasteiger partial charge in [0.1, 0.15) is 12.1 Å². The monoisotopic (exact) mass is 480 g/mol. The normalized spacial score (nSPS) is 12.5. The molecule has 0 aliphatic carbocycles. The lowest BCUT2D eigenvalue weighted by atomic mass is 10.0. The predicted octanol–water partition coefficient (Wildman–Crippen LogP) is 2.52. The van der Waals surface area contributed by atoms with Gasteiger partial charge in [-0.15, -0.1) is 0 Å². The van der Waals surface area contributed by atoms with Crippen LogP contribution in [0, 0.1) is 11.8 Å². The van der Waals surface area contributed by atoms with Crippen molar-refractivity contribution in [1.82, 2.24) is 21.3 Å². The van der Waals surface area contributed by atoms with Crippen LogP contribution in [0.25, 0.3) is 0 Å². The third-order valence-electron chi connectivity index (χ3n) is 5.50. The van der Waals surface area contributed by atoms with Crippen LogP contribution in [0.3, 0.4) is 0 Å². The van der Waals surface area contributed by atoms with Gasteiger partial charge in [-0.3, -0.25) is 19.2 Å². The fraction of sp³-hybridized carbons (Fsp3) is 0.407. The molecule has 0 bridgehead atoms. The van der Waals surface area contributed by atoms with Crippen LogP contribution in [0.5, 0.6) is 0 Å². The summed E-state index contributed by atoms with van der Waals surface area (Å²) in [5.41, 5.74) is 0.987. The number of nitrogens with one attached hydrogen (secondary N) is 4. The minimum absolute atomic E-state index is 0.0950. The van der Waals surface area contributed by atoms with E-state index in [0.29, 0.717) is 30.6 Å². The summed E-state index contributed by atoms with van der Waals surface area (Å²) in [7, 11) is 0. The second-order valence-corrected chi connectivity index (χ2v) is 9.06. The first kappa shape index (κ1) is 27.6. The van der Waals surface area contributed by atoms with E-state index in [2.05, 4.69) is 21.3 Å². The Morgan fingerprint density at radius 1 is 0.600 bits per heavy atom. The van der Waals surface area contributed by atoms with Gasteiger partial charge in [0, 0.05) is 24.2 Å². The van der Waals surface area contributed by atoms with Gasteiger partial charge in [0.05, 0.1) is 0 Å². The third-order valence-corrected chi connectivity index (χ3v) is 5.50. The number of amides is 4. The average molecular weight is 481 g/mol. The average Bonchev–Trinajstić information content (AvgIpc) is 2.85. The van der Waals surface area contributed by atoms with E-state index in [-0.39, 0.29) is 35.5 Å². The van der Waals surface area contributed by atoms with Crippen LogP contribution in [-0.2, 0) is 9.59 Å². The molecule has 4 N–H and O–H groups in total. The van der Waals surface area contributed by atoms with Gasteiger partial charge >= 0.3 is 0 Å². The molecule has 0 saturated carbocycles. The standard InChI is InChI=1S/C27H36N4O4/c1-18(2)22(30-24(32)20-12-7-5-8-13-20)26(34)28-16-11-17-29-27(35)23(19(3)4)31-25(33)21-14-9-6-10-15-21/h5-10,12-15,18-19,22-23H,11,16-17H2,1-4H3,(H,28,34)(H,29,35)(H,30,32)(H,31,33)/t22-,23-/m0/s1. The van der Waals surface area contributed by atoms with Crippen molar-refractivity contribution in [3.8, 4) is 0 Å². The largest absolute Gasteiger partial charge is 0.354 e. The second kappa shape index (κ2) is 13.9. The lowest BCUT2D eigenvalue weighted by molar-refractivity contribution is -0.124. The summed E-state index contributed by atoms with van der Waals surface area (Å²) in [6.45, 7) is 8.15. The van der Waals surface area contributed by atoms with Gasteiger partial charge in [0.15, 0.2) is 0 Å². The van der Waals surface area contributed by atoms with Crippen molar-refractivity contribution in [2.45, 2.75) is 46.2 Å². The molecule has 0 spiro atoms. The van der Waals surface area contributed by atoms with Crippen molar-refractivity contribution >= 4 is 23.6 Å². The fourth-order valence-electron chi connectivity index (χ4n) is 3.43. The Labute approximate surface area is 207 Å². The minimum atomic E-state index is -0.671. The van der Waals surface area contributed by atoms with E-state index in [1.165, 1.54) is 0 Å². The molecule has 0 saturated heterocycles. The molecule has 8 nitrogen and oxygen atoms in total. The predicted molar refractivity (Wildman–Crippen MR) is 136 cm³/mol. The Balaban J connectivity index is 1.78. The van der Waals surface area contributed by atoms with Gasteiger partial charge in [0.25, 0.3) is 11.8 Å². The highest BCUT2D eigenvalue weighted by molar-refractivity contribution is 5.98. The van der Waals surface area contributed by atoms with Crippen LogP contribution in [0.15, 0.2) is 60.7 Å². The molecule has 2 rings (SSSR count). The third kappa shape index (κ3) is 8.88.